The van der Waals surface area contributed by atoms with Gasteiger partial charge < -0.3 is 20.5 Å². The van der Waals surface area contributed by atoms with E-state index in [4.69, 9.17) is 9.84 Å². The molecule has 7 nitrogen and oxygen atoms in total. The molecule has 0 unspecified atom stereocenters. The average molecular weight is 388 g/mol. The zero-order valence-corrected chi connectivity index (χ0v) is 15.1. The van der Waals surface area contributed by atoms with E-state index < -0.39 is 17.7 Å². The first-order valence-corrected chi connectivity index (χ1v) is 8.68. The Morgan fingerprint density at radius 3 is 2.46 bits per heavy atom. The van der Waals surface area contributed by atoms with E-state index in [0.717, 1.165) is 0 Å². The minimum atomic E-state index is -0.871. The van der Waals surface area contributed by atoms with Crippen molar-refractivity contribution in [2.45, 2.75) is 19.3 Å². The third kappa shape index (κ3) is 7.86. The maximum atomic E-state index is 13.1. The van der Waals surface area contributed by atoms with Crippen LogP contribution >= 0.6 is 0 Å². The number of benzene rings is 2. The largest absolute Gasteiger partial charge is 0.494 e. The fraction of sp³-hybridized carbons (Fsp3) is 0.250. The molecule has 0 saturated heterocycles. The van der Waals surface area contributed by atoms with Gasteiger partial charge in [-0.1, -0.05) is 12.1 Å². The van der Waals surface area contributed by atoms with Crippen molar-refractivity contribution in [2.75, 3.05) is 18.5 Å². The Kier molecular flexibility index (Phi) is 7.95. The smallest absolute Gasteiger partial charge is 0.303 e. The number of ether oxygens (including phenoxy) is 1. The lowest BCUT2D eigenvalue weighted by Crippen LogP contribution is -2.33. The highest BCUT2D eigenvalue weighted by molar-refractivity contribution is 5.94. The van der Waals surface area contributed by atoms with E-state index in [1.54, 1.807) is 30.3 Å². The fourth-order valence-electron chi connectivity index (χ4n) is 2.33. The zero-order valence-electron chi connectivity index (χ0n) is 15.1. The molecule has 0 atom stereocenters. The van der Waals surface area contributed by atoms with E-state index in [0.29, 0.717) is 23.4 Å². The van der Waals surface area contributed by atoms with Gasteiger partial charge in [0.05, 0.1) is 19.6 Å². The van der Waals surface area contributed by atoms with Crippen LogP contribution in [0.4, 0.5) is 10.1 Å². The van der Waals surface area contributed by atoms with Crippen LogP contribution in [0.25, 0.3) is 0 Å². The SMILES string of the molecule is O=C(O)CCCOc1ccc(NC(=O)CNC(=O)Cc2cccc(F)c2)cc1. The zero-order chi connectivity index (χ0) is 20.4. The quantitative estimate of drug-likeness (QED) is 0.542. The third-order valence-corrected chi connectivity index (χ3v) is 3.64. The Morgan fingerprint density at radius 1 is 1.04 bits per heavy atom. The monoisotopic (exact) mass is 388 g/mol. The van der Waals surface area contributed by atoms with Crippen LogP contribution in [0.2, 0.25) is 0 Å². The molecular weight excluding hydrogens is 367 g/mol. The van der Waals surface area contributed by atoms with Gasteiger partial charge in [-0.3, -0.25) is 14.4 Å². The van der Waals surface area contributed by atoms with Crippen LogP contribution in [0.15, 0.2) is 48.5 Å². The second kappa shape index (κ2) is 10.7. The maximum Gasteiger partial charge on any atom is 0.303 e. The van der Waals surface area contributed by atoms with Gasteiger partial charge in [-0.2, -0.15) is 0 Å². The van der Waals surface area contributed by atoms with Gasteiger partial charge in [0.2, 0.25) is 11.8 Å². The lowest BCUT2D eigenvalue weighted by Gasteiger charge is -2.09. The molecule has 0 aliphatic heterocycles. The molecule has 0 radical (unpaired) electrons. The van der Waals surface area contributed by atoms with E-state index in [2.05, 4.69) is 10.6 Å². The summed E-state index contributed by atoms with van der Waals surface area (Å²) in [5.41, 5.74) is 1.05. The van der Waals surface area contributed by atoms with Crippen LogP contribution in [-0.4, -0.2) is 36.0 Å². The Hall–Kier alpha value is -3.42. The van der Waals surface area contributed by atoms with E-state index in [9.17, 15) is 18.8 Å². The van der Waals surface area contributed by atoms with Crippen LogP contribution < -0.4 is 15.4 Å². The van der Waals surface area contributed by atoms with Crippen LogP contribution in [0, 0.1) is 5.82 Å². The first-order chi connectivity index (χ1) is 13.4. The number of nitrogens with one attached hydrogen (secondary N) is 2. The lowest BCUT2D eigenvalue weighted by atomic mass is 10.1. The molecule has 0 spiro atoms. The van der Waals surface area contributed by atoms with Gasteiger partial charge in [-0.25, -0.2) is 4.39 Å². The molecule has 0 aromatic heterocycles. The van der Waals surface area contributed by atoms with Crippen LogP contribution in [-0.2, 0) is 20.8 Å². The van der Waals surface area contributed by atoms with Gasteiger partial charge in [0.25, 0.3) is 0 Å². The van der Waals surface area contributed by atoms with Crippen molar-refractivity contribution in [3.8, 4) is 5.75 Å². The van der Waals surface area contributed by atoms with Crippen molar-refractivity contribution in [1.82, 2.24) is 5.32 Å². The van der Waals surface area contributed by atoms with E-state index in [1.165, 1.54) is 18.2 Å². The number of carboxylic acids is 1. The topological polar surface area (TPSA) is 105 Å². The molecule has 0 fully saturated rings. The molecule has 28 heavy (non-hydrogen) atoms. The van der Waals surface area contributed by atoms with Crippen molar-refractivity contribution >= 4 is 23.5 Å². The molecule has 2 amide bonds. The maximum absolute atomic E-state index is 13.1. The van der Waals surface area contributed by atoms with Crippen LogP contribution in [0.5, 0.6) is 5.75 Å². The fourth-order valence-corrected chi connectivity index (χ4v) is 2.33. The first kappa shape index (κ1) is 20.9. The normalized spacial score (nSPS) is 10.2. The second-order valence-corrected chi connectivity index (χ2v) is 6.00. The number of halogens is 1. The molecule has 148 valence electrons. The Labute approximate surface area is 161 Å². The van der Waals surface area contributed by atoms with Crippen LogP contribution in [0.3, 0.4) is 0 Å². The number of amides is 2. The van der Waals surface area contributed by atoms with E-state index in [1.807, 2.05) is 0 Å². The summed E-state index contributed by atoms with van der Waals surface area (Å²) in [5.74, 6) is -1.51. The van der Waals surface area contributed by atoms with Gasteiger partial charge >= 0.3 is 5.97 Å². The highest BCUT2D eigenvalue weighted by atomic mass is 19.1. The highest BCUT2D eigenvalue weighted by Gasteiger charge is 2.08. The summed E-state index contributed by atoms with van der Waals surface area (Å²) < 4.78 is 18.5. The Bertz CT molecular complexity index is 824. The molecule has 2 rings (SSSR count). The number of carbonyl (C=O) groups is 3. The number of anilines is 1. The number of carbonyl (C=O) groups excluding carboxylic acids is 2. The summed E-state index contributed by atoms with van der Waals surface area (Å²) in [7, 11) is 0. The standard InChI is InChI=1S/C20H21FN2O5/c21-15-4-1-3-14(11-15)12-18(24)22-13-19(25)23-16-6-8-17(9-7-16)28-10-2-5-20(26)27/h1,3-4,6-9,11H,2,5,10,12-13H2,(H,22,24)(H,23,25)(H,26,27). The summed E-state index contributed by atoms with van der Waals surface area (Å²) in [4.78, 5) is 34.2. The van der Waals surface area contributed by atoms with Crippen molar-refractivity contribution in [3.63, 3.8) is 0 Å². The molecular formula is C20H21FN2O5. The minimum Gasteiger partial charge on any atom is -0.494 e. The Balaban J connectivity index is 1.70. The number of aliphatic carboxylic acids is 1. The summed E-state index contributed by atoms with van der Waals surface area (Å²) >= 11 is 0. The first-order valence-electron chi connectivity index (χ1n) is 8.68. The molecule has 0 aliphatic rings. The lowest BCUT2D eigenvalue weighted by molar-refractivity contribution is -0.137. The predicted molar refractivity (Wildman–Crippen MR) is 101 cm³/mol. The molecule has 0 heterocycles. The molecule has 2 aromatic rings. The van der Waals surface area contributed by atoms with Crippen molar-refractivity contribution < 1.29 is 28.6 Å². The van der Waals surface area contributed by atoms with Gasteiger partial charge in [0.15, 0.2) is 0 Å². The summed E-state index contributed by atoms with van der Waals surface area (Å²) in [6.07, 6.45) is 0.432. The number of hydrogen-bond acceptors (Lipinski definition) is 4. The molecule has 0 saturated carbocycles. The summed E-state index contributed by atoms with van der Waals surface area (Å²) in [5, 5.41) is 13.7. The average Bonchev–Trinajstić information content (AvgIpc) is 2.65. The third-order valence-electron chi connectivity index (χ3n) is 3.64. The minimum absolute atomic E-state index is 0.0149. The summed E-state index contributed by atoms with van der Waals surface area (Å²) in [6.45, 7) is 0.0803. The van der Waals surface area contributed by atoms with E-state index >= 15 is 0 Å². The summed E-state index contributed by atoms with van der Waals surface area (Å²) in [6, 6.07) is 12.3. The number of rotatable bonds is 10. The van der Waals surface area contributed by atoms with Crippen molar-refractivity contribution in [1.29, 1.82) is 0 Å². The van der Waals surface area contributed by atoms with Gasteiger partial charge in [0.1, 0.15) is 11.6 Å². The van der Waals surface area contributed by atoms with Crippen molar-refractivity contribution in [3.05, 3.63) is 59.9 Å². The van der Waals surface area contributed by atoms with Crippen LogP contribution in [0.1, 0.15) is 18.4 Å². The predicted octanol–water partition coefficient (Wildman–Crippen LogP) is 2.37. The van der Waals surface area contributed by atoms with Gasteiger partial charge in [-0.15, -0.1) is 0 Å². The molecule has 2 aromatic carbocycles. The Morgan fingerprint density at radius 2 is 1.79 bits per heavy atom. The van der Waals surface area contributed by atoms with E-state index in [-0.39, 0.29) is 31.9 Å². The number of carboxylic acid groups (broad SMARTS) is 1. The second-order valence-electron chi connectivity index (χ2n) is 6.00. The molecule has 0 aliphatic carbocycles. The van der Waals surface area contributed by atoms with Crippen molar-refractivity contribution in [2.24, 2.45) is 0 Å². The number of hydrogen-bond donors (Lipinski definition) is 3. The van der Waals surface area contributed by atoms with Gasteiger partial charge in [-0.05, 0) is 48.4 Å². The highest BCUT2D eigenvalue weighted by Crippen LogP contribution is 2.16. The molecule has 3 N–H and O–H groups in total. The molecule has 0 bridgehead atoms. The molecule has 8 heteroatoms. The van der Waals surface area contributed by atoms with Gasteiger partial charge in [0, 0.05) is 12.1 Å².